The topological polar surface area (TPSA) is 108 Å². The molecule has 0 radical (unpaired) electrons. The minimum absolute atomic E-state index is 0.127. The number of likely N-dealkylation sites (tertiary alicyclic amines) is 1. The van der Waals surface area contributed by atoms with Gasteiger partial charge < -0.3 is 0 Å². The molecule has 0 saturated carbocycles. The summed E-state index contributed by atoms with van der Waals surface area (Å²) >= 11 is 0. The molecule has 4 amide bonds. The van der Waals surface area contributed by atoms with E-state index >= 15 is 0 Å². The van der Waals surface area contributed by atoms with Gasteiger partial charge in [-0.15, -0.1) is 0 Å². The molecular weight excluding hydrogens is 288 g/mol. The molecule has 0 aromatic carbocycles. The van der Waals surface area contributed by atoms with E-state index in [9.17, 15) is 19.6 Å². The van der Waals surface area contributed by atoms with Crippen molar-refractivity contribution in [3.63, 3.8) is 0 Å². The van der Waals surface area contributed by atoms with Crippen LogP contribution in [0.5, 0.6) is 0 Å². The number of piperidine rings is 1. The number of urea groups is 1. The highest BCUT2D eigenvalue weighted by Gasteiger charge is 2.68. The van der Waals surface area contributed by atoms with Gasteiger partial charge in [0, 0.05) is 6.20 Å². The Labute approximate surface area is 126 Å². The number of carbonyl (C=O) groups is 3. The highest BCUT2D eigenvalue weighted by molar-refractivity contribution is 6.21. The Bertz CT molecular complexity index is 605. The van der Waals surface area contributed by atoms with Crippen molar-refractivity contribution in [1.82, 2.24) is 15.6 Å². The molecule has 8 nitrogen and oxygen atoms in total. The number of quaternary nitrogens is 1. The van der Waals surface area contributed by atoms with Gasteiger partial charge in [-0.05, 0) is 31.4 Å². The lowest BCUT2D eigenvalue weighted by Crippen LogP contribution is -2.78. The second-order valence-electron chi connectivity index (χ2n) is 5.59. The first-order valence-corrected chi connectivity index (χ1v) is 7.19. The fourth-order valence-corrected chi connectivity index (χ4v) is 3.29. The molecule has 0 bridgehead atoms. The van der Waals surface area contributed by atoms with Crippen molar-refractivity contribution in [2.45, 2.75) is 24.8 Å². The lowest BCUT2D eigenvalue weighted by atomic mass is 9.85. The first-order chi connectivity index (χ1) is 10.5. The molecular formula is C14H17N4O4+. The van der Waals surface area contributed by atoms with Gasteiger partial charge in [0.15, 0.2) is 0 Å². The van der Waals surface area contributed by atoms with Crippen molar-refractivity contribution in [1.29, 1.82) is 0 Å². The molecule has 2 aliphatic rings. The third-order valence-corrected chi connectivity index (χ3v) is 4.33. The van der Waals surface area contributed by atoms with Crippen LogP contribution in [0.15, 0.2) is 24.4 Å². The van der Waals surface area contributed by atoms with E-state index in [0.717, 1.165) is 6.42 Å². The number of hydrogen-bond donors (Lipinski definition) is 3. The quantitative estimate of drug-likeness (QED) is 0.528. The monoisotopic (exact) mass is 305 g/mol. The highest BCUT2D eigenvalue weighted by Crippen LogP contribution is 2.38. The first kappa shape index (κ1) is 14.6. The number of imide groups is 2. The molecule has 3 N–H and O–H groups in total. The SMILES string of the molecule is O=C1NC(=O)C(c2ccccn2)([N+]2(O)CCCCC2)C(=O)N1. The lowest BCUT2D eigenvalue weighted by Gasteiger charge is -2.46. The smallest absolute Gasteiger partial charge is 0.271 e. The summed E-state index contributed by atoms with van der Waals surface area (Å²) < 4.78 is -0.769. The average Bonchev–Trinajstić information content (AvgIpc) is 2.48. The number of barbiturate groups is 1. The van der Waals surface area contributed by atoms with Crippen molar-refractivity contribution in [2.24, 2.45) is 0 Å². The number of pyridine rings is 1. The van der Waals surface area contributed by atoms with E-state index in [2.05, 4.69) is 15.6 Å². The Morgan fingerprint density at radius 2 is 1.68 bits per heavy atom. The Balaban J connectivity index is 2.20. The lowest BCUT2D eigenvalue weighted by molar-refractivity contribution is -1.13. The average molecular weight is 305 g/mol. The van der Waals surface area contributed by atoms with Gasteiger partial charge in [0.25, 0.3) is 0 Å². The predicted octanol–water partition coefficient (Wildman–Crippen LogP) is 0.0328. The number of amides is 4. The van der Waals surface area contributed by atoms with Crippen LogP contribution in [0.4, 0.5) is 4.79 Å². The summed E-state index contributed by atoms with van der Waals surface area (Å²) in [5, 5.41) is 15.3. The Morgan fingerprint density at radius 3 is 2.23 bits per heavy atom. The summed E-state index contributed by atoms with van der Waals surface area (Å²) in [5.74, 6) is -1.69. The Morgan fingerprint density at radius 1 is 1.05 bits per heavy atom. The number of nitrogens with zero attached hydrogens (tertiary/aromatic N) is 2. The minimum atomic E-state index is -1.96. The van der Waals surface area contributed by atoms with Gasteiger partial charge in [-0.2, -0.15) is 4.65 Å². The molecule has 0 spiro atoms. The zero-order valence-corrected chi connectivity index (χ0v) is 11.9. The molecule has 1 aromatic rings. The molecule has 116 valence electrons. The van der Waals surface area contributed by atoms with Gasteiger partial charge >= 0.3 is 23.4 Å². The molecule has 3 heterocycles. The molecule has 2 aliphatic heterocycles. The van der Waals surface area contributed by atoms with Crippen molar-refractivity contribution in [3.05, 3.63) is 30.1 Å². The van der Waals surface area contributed by atoms with Crippen LogP contribution in [0, 0.1) is 0 Å². The van der Waals surface area contributed by atoms with Crippen LogP contribution in [0.2, 0.25) is 0 Å². The number of hydroxylamine groups is 3. The third kappa shape index (κ3) is 1.92. The van der Waals surface area contributed by atoms with E-state index < -0.39 is 28.0 Å². The van der Waals surface area contributed by atoms with E-state index in [1.165, 1.54) is 12.3 Å². The summed E-state index contributed by atoms with van der Waals surface area (Å²) in [6.45, 7) is 0.483. The number of nitrogens with one attached hydrogen (secondary N) is 2. The number of rotatable bonds is 2. The van der Waals surface area contributed by atoms with Gasteiger partial charge in [0.1, 0.15) is 18.8 Å². The molecule has 0 aliphatic carbocycles. The predicted molar refractivity (Wildman–Crippen MR) is 73.2 cm³/mol. The van der Waals surface area contributed by atoms with Crippen molar-refractivity contribution in [3.8, 4) is 0 Å². The highest BCUT2D eigenvalue weighted by atomic mass is 16.6. The molecule has 0 atom stereocenters. The number of carbonyl (C=O) groups excluding carboxylic acids is 3. The Hall–Kier alpha value is -2.32. The van der Waals surface area contributed by atoms with Crippen LogP contribution in [-0.2, 0) is 15.1 Å². The third-order valence-electron chi connectivity index (χ3n) is 4.33. The molecule has 2 fully saturated rings. The van der Waals surface area contributed by atoms with Crippen LogP contribution in [0.1, 0.15) is 25.0 Å². The van der Waals surface area contributed by atoms with Gasteiger partial charge in [-0.25, -0.2) is 10.0 Å². The molecule has 2 saturated heterocycles. The van der Waals surface area contributed by atoms with E-state index in [-0.39, 0.29) is 18.8 Å². The Kier molecular flexibility index (Phi) is 3.42. The molecule has 3 rings (SSSR count). The molecule has 22 heavy (non-hydrogen) atoms. The van der Waals surface area contributed by atoms with Crippen molar-refractivity contribution in [2.75, 3.05) is 13.1 Å². The first-order valence-electron chi connectivity index (χ1n) is 7.19. The van der Waals surface area contributed by atoms with Crippen LogP contribution < -0.4 is 10.6 Å². The normalized spacial score (nSPS) is 23.6. The standard InChI is InChI=1S/C14H16N4O4/c19-11-14(10-6-2-3-7-15-10,12(20)17-13(21)16-11)18(22)8-4-1-5-9-18/h2-3,6-7,22H,1,4-5,8-9H2,(H-,16,17,19,20,21)/p+1. The maximum Gasteiger partial charge on any atom is 0.329 e. The maximum absolute atomic E-state index is 12.6. The zero-order chi connectivity index (χ0) is 15.8. The largest absolute Gasteiger partial charge is 0.329 e. The maximum atomic E-state index is 12.6. The summed E-state index contributed by atoms with van der Waals surface area (Å²) in [7, 11) is 0. The van der Waals surface area contributed by atoms with Gasteiger partial charge in [0.05, 0.1) is 0 Å². The van der Waals surface area contributed by atoms with Crippen LogP contribution in [0.3, 0.4) is 0 Å². The summed E-state index contributed by atoms with van der Waals surface area (Å²) in [4.78, 5) is 40.8. The van der Waals surface area contributed by atoms with Crippen molar-refractivity contribution >= 4 is 17.8 Å². The number of aromatic nitrogens is 1. The summed E-state index contributed by atoms with van der Waals surface area (Å²) in [6.07, 6.45) is 3.73. The van der Waals surface area contributed by atoms with E-state index in [1.54, 1.807) is 12.1 Å². The van der Waals surface area contributed by atoms with E-state index in [4.69, 9.17) is 0 Å². The second kappa shape index (κ2) is 5.15. The fraction of sp³-hybridized carbons (Fsp3) is 0.429. The van der Waals surface area contributed by atoms with Crippen LogP contribution in [-0.4, -0.2) is 45.8 Å². The van der Waals surface area contributed by atoms with Crippen molar-refractivity contribution < 1.29 is 24.2 Å². The number of hydrogen-bond acceptors (Lipinski definition) is 5. The zero-order valence-electron chi connectivity index (χ0n) is 11.9. The molecule has 8 heteroatoms. The molecule has 1 aromatic heterocycles. The summed E-state index contributed by atoms with van der Waals surface area (Å²) in [5.41, 5.74) is -1.84. The van der Waals surface area contributed by atoms with Gasteiger partial charge in [-0.1, -0.05) is 6.07 Å². The second-order valence-corrected chi connectivity index (χ2v) is 5.59. The fourth-order valence-electron chi connectivity index (χ4n) is 3.29. The van der Waals surface area contributed by atoms with Gasteiger partial charge in [-0.3, -0.25) is 25.2 Å². The van der Waals surface area contributed by atoms with E-state index in [1.807, 2.05) is 0 Å². The van der Waals surface area contributed by atoms with Crippen LogP contribution in [0.25, 0.3) is 0 Å². The van der Waals surface area contributed by atoms with Crippen LogP contribution >= 0.6 is 0 Å². The summed E-state index contributed by atoms with van der Waals surface area (Å²) in [6, 6.07) is 3.92. The molecule has 0 unspecified atom stereocenters. The minimum Gasteiger partial charge on any atom is -0.271 e. The van der Waals surface area contributed by atoms with E-state index in [0.29, 0.717) is 12.8 Å². The van der Waals surface area contributed by atoms with Gasteiger partial charge in [0.2, 0.25) is 0 Å².